The summed E-state index contributed by atoms with van der Waals surface area (Å²) >= 11 is 1.94. The third-order valence-corrected chi connectivity index (χ3v) is 5.14. The van der Waals surface area contributed by atoms with E-state index in [-0.39, 0.29) is 12.3 Å². The van der Waals surface area contributed by atoms with E-state index >= 15 is 0 Å². The first kappa shape index (κ1) is 16.9. The highest BCUT2D eigenvalue weighted by Gasteiger charge is 2.22. The Bertz CT molecular complexity index is 526. The molecule has 22 heavy (non-hydrogen) atoms. The summed E-state index contributed by atoms with van der Waals surface area (Å²) in [5, 5.41) is 12.0. The van der Waals surface area contributed by atoms with Crippen molar-refractivity contribution >= 4 is 23.6 Å². The molecule has 1 fully saturated rings. The van der Waals surface area contributed by atoms with Gasteiger partial charge in [-0.2, -0.15) is 11.8 Å². The normalized spacial score (nSPS) is 17.0. The first-order valence-electron chi connectivity index (χ1n) is 7.70. The molecule has 1 amide bonds. The number of aryl methyl sites for hydroxylation is 1. The van der Waals surface area contributed by atoms with Crippen LogP contribution in [0.1, 0.15) is 42.9 Å². The summed E-state index contributed by atoms with van der Waals surface area (Å²) in [5.41, 5.74) is 1.89. The molecule has 0 aromatic heterocycles. The Morgan fingerprint density at radius 1 is 1.32 bits per heavy atom. The van der Waals surface area contributed by atoms with E-state index in [9.17, 15) is 9.59 Å². The van der Waals surface area contributed by atoms with Crippen molar-refractivity contribution in [3.05, 3.63) is 35.4 Å². The lowest BCUT2D eigenvalue weighted by Crippen LogP contribution is -2.32. The standard InChI is InChI=1S/C17H23NO3S/c1-12-4-2-3-5-14(12)15(11-17(20)21)18-16(19)10-13-6-8-22-9-7-13/h2-5,13,15H,6-11H2,1H3,(H,18,19)(H,20,21)/t15-/m1/s1. The van der Waals surface area contributed by atoms with Crippen molar-refractivity contribution in [2.75, 3.05) is 11.5 Å². The molecule has 1 aromatic carbocycles. The summed E-state index contributed by atoms with van der Waals surface area (Å²) in [5.74, 6) is 1.74. The van der Waals surface area contributed by atoms with E-state index in [2.05, 4.69) is 5.32 Å². The maximum atomic E-state index is 12.3. The molecule has 1 aliphatic heterocycles. The fourth-order valence-corrected chi connectivity index (χ4v) is 4.06. The van der Waals surface area contributed by atoms with Crippen molar-refractivity contribution in [1.29, 1.82) is 0 Å². The highest BCUT2D eigenvalue weighted by Crippen LogP contribution is 2.26. The number of rotatable bonds is 6. The number of benzene rings is 1. The van der Waals surface area contributed by atoms with Gasteiger partial charge in [-0.25, -0.2) is 0 Å². The van der Waals surface area contributed by atoms with E-state index in [1.807, 2.05) is 43.0 Å². The van der Waals surface area contributed by atoms with Gasteiger partial charge < -0.3 is 10.4 Å². The van der Waals surface area contributed by atoms with Gasteiger partial charge >= 0.3 is 5.97 Å². The van der Waals surface area contributed by atoms with Crippen LogP contribution in [-0.4, -0.2) is 28.5 Å². The maximum Gasteiger partial charge on any atom is 0.305 e. The van der Waals surface area contributed by atoms with Crippen LogP contribution in [0.2, 0.25) is 0 Å². The molecule has 1 aliphatic rings. The quantitative estimate of drug-likeness (QED) is 0.844. The van der Waals surface area contributed by atoms with Crippen molar-refractivity contribution < 1.29 is 14.7 Å². The van der Waals surface area contributed by atoms with Gasteiger partial charge in [-0.1, -0.05) is 24.3 Å². The number of hydrogen-bond acceptors (Lipinski definition) is 3. The third-order valence-electron chi connectivity index (χ3n) is 4.09. The summed E-state index contributed by atoms with van der Waals surface area (Å²) in [6, 6.07) is 7.17. The van der Waals surface area contributed by atoms with Crippen molar-refractivity contribution in [3.63, 3.8) is 0 Å². The summed E-state index contributed by atoms with van der Waals surface area (Å²) in [6.45, 7) is 1.94. The lowest BCUT2D eigenvalue weighted by molar-refractivity contribution is -0.137. The first-order chi connectivity index (χ1) is 10.6. The Morgan fingerprint density at radius 2 is 2.00 bits per heavy atom. The molecule has 0 aliphatic carbocycles. The van der Waals surface area contributed by atoms with E-state index in [1.165, 1.54) is 0 Å². The van der Waals surface area contributed by atoms with Gasteiger partial charge in [0.1, 0.15) is 0 Å². The Labute approximate surface area is 135 Å². The van der Waals surface area contributed by atoms with Gasteiger partial charge in [0.2, 0.25) is 5.91 Å². The van der Waals surface area contributed by atoms with Gasteiger partial charge in [0, 0.05) is 6.42 Å². The lowest BCUT2D eigenvalue weighted by atomic mass is 9.96. The Morgan fingerprint density at radius 3 is 2.64 bits per heavy atom. The molecule has 0 unspecified atom stereocenters. The molecule has 1 heterocycles. The smallest absolute Gasteiger partial charge is 0.305 e. The zero-order valence-corrected chi connectivity index (χ0v) is 13.7. The van der Waals surface area contributed by atoms with Crippen LogP contribution in [0.5, 0.6) is 0 Å². The molecule has 120 valence electrons. The average Bonchev–Trinajstić information content (AvgIpc) is 2.47. The van der Waals surface area contributed by atoms with Crippen LogP contribution in [0.4, 0.5) is 0 Å². The summed E-state index contributed by atoms with van der Waals surface area (Å²) in [7, 11) is 0. The number of carbonyl (C=O) groups excluding carboxylic acids is 1. The van der Waals surface area contributed by atoms with Crippen LogP contribution in [0.3, 0.4) is 0 Å². The third kappa shape index (κ3) is 5.05. The van der Waals surface area contributed by atoms with E-state index in [4.69, 9.17) is 5.11 Å². The number of carboxylic acid groups (broad SMARTS) is 1. The predicted octanol–water partition coefficient (Wildman–Crippen LogP) is 3.16. The number of nitrogens with one attached hydrogen (secondary N) is 1. The largest absolute Gasteiger partial charge is 0.481 e. The number of carboxylic acids is 1. The van der Waals surface area contributed by atoms with Crippen molar-refractivity contribution in [2.24, 2.45) is 5.92 Å². The molecule has 0 bridgehead atoms. The Hall–Kier alpha value is -1.49. The average molecular weight is 321 g/mol. The molecular formula is C17H23NO3S. The number of amides is 1. The van der Waals surface area contributed by atoms with Crippen molar-refractivity contribution in [2.45, 2.75) is 38.6 Å². The molecule has 2 N–H and O–H groups in total. The summed E-state index contributed by atoms with van der Waals surface area (Å²) in [4.78, 5) is 23.4. The van der Waals surface area contributed by atoms with Crippen LogP contribution < -0.4 is 5.32 Å². The molecule has 1 atom stereocenters. The maximum absolute atomic E-state index is 12.3. The number of aliphatic carboxylic acids is 1. The molecule has 1 aromatic rings. The zero-order chi connectivity index (χ0) is 15.9. The zero-order valence-electron chi connectivity index (χ0n) is 12.9. The second kappa shape index (κ2) is 8.22. The minimum Gasteiger partial charge on any atom is -0.481 e. The highest BCUT2D eigenvalue weighted by atomic mass is 32.2. The van der Waals surface area contributed by atoms with Crippen molar-refractivity contribution in [3.8, 4) is 0 Å². The molecule has 4 nitrogen and oxygen atoms in total. The molecule has 0 radical (unpaired) electrons. The molecular weight excluding hydrogens is 298 g/mol. The predicted molar refractivity (Wildman–Crippen MR) is 89.0 cm³/mol. The van der Waals surface area contributed by atoms with Gasteiger partial charge in [-0.15, -0.1) is 0 Å². The number of thioether (sulfide) groups is 1. The highest BCUT2D eigenvalue weighted by molar-refractivity contribution is 7.99. The Balaban J connectivity index is 2.01. The molecule has 2 rings (SSSR count). The van der Waals surface area contributed by atoms with E-state index in [0.29, 0.717) is 12.3 Å². The van der Waals surface area contributed by atoms with Gasteiger partial charge in [0.25, 0.3) is 0 Å². The SMILES string of the molecule is Cc1ccccc1[C@@H](CC(=O)O)NC(=O)CC1CCSCC1. The van der Waals surface area contributed by atoms with Crippen LogP contribution in [-0.2, 0) is 9.59 Å². The number of hydrogen-bond donors (Lipinski definition) is 2. The minimum atomic E-state index is -0.900. The summed E-state index contributed by atoms with van der Waals surface area (Å²) < 4.78 is 0. The topological polar surface area (TPSA) is 66.4 Å². The van der Waals surface area contributed by atoms with Crippen molar-refractivity contribution in [1.82, 2.24) is 5.32 Å². The fraction of sp³-hybridized carbons (Fsp3) is 0.529. The minimum absolute atomic E-state index is 0.0357. The summed E-state index contributed by atoms with van der Waals surface area (Å²) in [6.07, 6.45) is 2.57. The van der Waals surface area contributed by atoms with Crippen LogP contribution in [0.25, 0.3) is 0 Å². The Kier molecular flexibility index (Phi) is 6.31. The molecule has 0 saturated carbocycles. The van der Waals surface area contributed by atoms with E-state index in [1.54, 1.807) is 0 Å². The van der Waals surface area contributed by atoms with Gasteiger partial charge in [-0.3, -0.25) is 9.59 Å². The molecule has 0 spiro atoms. The van der Waals surface area contributed by atoms with Crippen LogP contribution in [0.15, 0.2) is 24.3 Å². The van der Waals surface area contributed by atoms with Crippen LogP contribution >= 0.6 is 11.8 Å². The monoisotopic (exact) mass is 321 g/mol. The fourth-order valence-electron chi connectivity index (χ4n) is 2.86. The van der Waals surface area contributed by atoms with Gasteiger partial charge in [0.15, 0.2) is 0 Å². The molecule has 5 heteroatoms. The molecule has 1 saturated heterocycles. The first-order valence-corrected chi connectivity index (χ1v) is 8.86. The second-order valence-electron chi connectivity index (χ2n) is 5.83. The van der Waals surface area contributed by atoms with Gasteiger partial charge in [0.05, 0.1) is 12.5 Å². The van der Waals surface area contributed by atoms with E-state index < -0.39 is 12.0 Å². The van der Waals surface area contributed by atoms with Gasteiger partial charge in [-0.05, 0) is 48.3 Å². The number of carbonyl (C=O) groups is 2. The van der Waals surface area contributed by atoms with E-state index in [0.717, 1.165) is 35.5 Å². The lowest BCUT2D eigenvalue weighted by Gasteiger charge is -2.23. The van der Waals surface area contributed by atoms with Crippen LogP contribution in [0, 0.1) is 12.8 Å². The second-order valence-corrected chi connectivity index (χ2v) is 7.06.